The first-order valence-electron chi connectivity index (χ1n) is 5.22. The lowest BCUT2D eigenvalue weighted by molar-refractivity contribution is -0.384. The molecular formula is C11H12N4O2S. The number of aliphatic imine (C=N–C) groups is 1. The third-order valence-corrected chi connectivity index (χ3v) is 3.05. The standard InChI is InChI=1S/C11H12N4O2S/c1-7-10(12-11(18-2)14-13-7)8-3-5-9(6-4-8)15(16)17/h3-6,13H,1-2H3,(H,12,14). The predicted octanol–water partition coefficient (Wildman–Crippen LogP) is 2.11. The van der Waals surface area contributed by atoms with Crippen LogP contribution in [0.15, 0.2) is 35.0 Å². The first-order chi connectivity index (χ1) is 8.61. The molecule has 1 heterocycles. The maximum absolute atomic E-state index is 10.6. The lowest BCUT2D eigenvalue weighted by Gasteiger charge is -2.19. The Morgan fingerprint density at radius 1 is 1.28 bits per heavy atom. The van der Waals surface area contributed by atoms with E-state index in [4.69, 9.17) is 0 Å². The number of nitrogens with zero attached hydrogens (tertiary/aromatic N) is 2. The van der Waals surface area contributed by atoms with Gasteiger partial charge in [-0.2, -0.15) is 0 Å². The predicted molar refractivity (Wildman–Crippen MR) is 72.9 cm³/mol. The van der Waals surface area contributed by atoms with E-state index in [-0.39, 0.29) is 5.69 Å². The largest absolute Gasteiger partial charge is 0.301 e. The lowest BCUT2D eigenvalue weighted by atomic mass is 10.1. The van der Waals surface area contributed by atoms with E-state index in [2.05, 4.69) is 15.8 Å². The molecule has 0 radical (unpaired) electrons. The van der Waals surface area contributed by atoms with E-state index < -0.39 is 4.92 Å². The number of hydrazine groups is 1. The second-order valence-corrected chi connectivity index (χ2v) is 4.44. The molecule has 0 atom stereocenters. The number of thioether (sulfide) groups is 1. The number of hydrogen-bond donors (Lipinski definition) is 2. The quantitative estimate of drug-likeness (QED) is 0.631. The van der Waals surface area contributed by atoms with Crippen LogP contribution in [0.1, 0.15) is 12.5 Å². The summed E-state index contributed by atoms with van der Waals surface area (Å²) in [6.45, 7) is 1.89. The fraction of sp³-hybridized carbons (Fsp3) is 0.182. The van der Waals surface area contributed by atoms with Gasteiger partial charge >= 0.3 is 0 Å². The minimum atomic E-state index is -0.414. The lowest BCUT2D eigenvalue weighted by Crippen LogP contribution is -2.37. The van der Waals surface area contributed by atoms with E-state index >= 15 is 0 Å². The van der Waals surface area contributed by atoms with Gasteiger partial charge < -0.3 is 5.43 Å². The van der Waals surface area contributed by atoms with E-state index in [1.165, 1.54) is 23.9 Å². The topological polar surface area (TPSA) is 79.6 Å². The molecule has 0 saturated carbocycles. The summed E-state index contributed by atoms with van der Waals surface area (Å²) in [7, 11) is 0. The summed E-state index contributed by atoms with van der Waals surface area (Å²) >= 11 is 1.49. The van der Waals surface area contributed by atoms with Crippen molar-refractivity contribution < 1.29 is 4.92 Å². The molecule has 1 aliphatic heterocycles. The van der Waals surface area contributed by atoms with Gasteiger partial charge in [-0.05, 0) is 25.3 Å². The molecule has 0 spiro atoms. The molecule has 6 nitrogen and oxygen atoms in total. The van der Waals surface area contributed by atoms with E-state index in [0.717, 1.165) is 22.1 Å². The molecule has 94 valence electrons. The number of allylic oxidation sites excluding steroid dienone is 1. The molecule has 2 rings (SSSR count). The van der Waals surface area contributed by atoms with Gasteiger partial charge in [0, 0.05) is 17.7 Å². The summed E-state index contributed by atoms with van der Waals surface area (Å²) in [5.41, 5.74) is 8.54. The van der Waals surface area contributed by atoms with Crippen LogP contribution in [0.3, 0.4) is 0 Å². The van der Waals surface area contributed by atoms with Crippen molar-refractivity contribution >= 4 is 28.3 Å². The summed E-state index contributed by atoms with van der Waals surface area (Å²) in [6, 6.07) is 6.36. The van der Waals surface area contributed by atoms with Crippen molar-refractivity contribution in [3.63, 3.8) is 0 Å². The van der Waals surface area contributed by atoms with Crippen LogP contribution >= 0.6 is 11.8 Å². The van der Waals surface area contributed by atoms with Crippen LogP contribution in [0.5, 0.6) is 0 Å². The Hall–Kier alpha value is -2.02. The molecule has 0 unspecified atom stereocenters. The first kappa shape index (κ1) is 12.4. The minimum Gasteiger partial charge on any atom is -0.301 e. The number of hydrogen-bond acceptors (Lipinski definition) is 6. The molecule has 0 saturated heterocycles. The second-order valence-electron chi connectivity index (χ2n) is 3.65. The van der Waals surface area contributed by atoms with E-state index in [1.807, 2.05) is 13.2 Å². The Morgan fingerprint density at radius 2 is 1.94 bits per heavy atom. The van der Waals surface area contributed by atoms with Crippen LogP contribution in [0.2, 0.25) is 0 Å². The monoisotopic (exact) mass is 264 g/mol. The number of amidine groups is 1. The molecule has 1 aromatic carbocycles. The van der Waals surface area contributed by atoms with E-state index in [1.54, 1.807) is 12.1 Å². The average Bonchev–Trinajstić information content (AvgIpc) is 2.39. The highest BCUT2D eigenvalue weighted by Crippen LogP contribution is 2.24. The molecule has 0 amide bonds. The maximum Gasteiger partial charge on any atom is 0.269 e. The maximum atomic E-state index is 10.6. The third-order valence-electron chi connectivity index (χ3n) is 2.47. The number of nitro benzene ring substituents is 1. The zero-order chi connectivity index (χ0) is 13.1. The Bertz CT molecular complexity index is 536. The normalized spacial score (nSPS) is 14.7. The van der Waals surface area contributed by atoms with Crippen molar-refractivity contribution in [1.29, 1.82) is 0 Å². The van der Waals surface area contributed by atoms with Crippen molar-refractivity contribution in [2.45, 2.75) is 6.92 Å². The number of rotatable bonds is 2. The number of nitrogens with one attached hydrogen (secondary N) is 2. The van der Waals surface area contributed by atoms with Crippen LogP contribution < -0.4 is 10.9 Å². The van der Waals surface area contributed by atoms with Crippen LogP contribution in [0.4, 0.5) is 5.69 Å². The van der Waals surface area contributed by atoms with Gasteiger partial charge in [-0.1, -0.05) is 11.8 Å². The highest BCUT2D eigenvalue weighted by atomic mass is 32.2. The molecule has 0 aromatic heterocycles. The van der Waals surface area contributed by atoms with Crippen LogP contribution in [0.25, 0.3) is 5.70 Å². The highest BCUT2D eigenvalue weighted by molar-refractivity contribution is 8.13. The highest BCUT2D eigenvalue weighted by Gasteiger charge is 2.13. The fourth-order valence-electron chi connectivity index (χ4n) is 1.54. The van der Waals surface area contributed by atoms with Crippen molar-refractivity contribution in [2.24, 2.45) is 4.99 Å². The summed E-state index contributed by atoms with van der Waals surface area (Å²) in [4.78, 5) is 14.6. The molecule has 1 aliphatic rings. The number of benzene rings is 1. The fourth-order valence-corrected chi connectivity index (χ4v) is 1.87. The molecule has 0 fully saturated rings. The second kappa shape index (κ2) is 5.09. The zero-order valence-corrected chi connectivity index (χ0v) is 10.7. The van der Waals surface area contributed by atoms with Gasteiger partial charge in [0.05, 0.1) is 16.3 Å². The molecular weight excluding hydrogens is 252 g/mol. The molecule has 2 N–H and O–H groups in total. The Kier molecular flexibility index (Phi) is 3.52. The summed E-state index contributed by atoms with van der Waals surface area (Å²) in [5.74, 6) is 0. The summed E-state index contributed by atoms with van der Waals surface area (Å²) in [6.07, 6.45) is 1.92. The van der Waals surface area contributed by atoms with Crippen molar-refractivity contribution in [3.05, 3.63) is 45.6 Å². The average molecular weight is 264 g/mol. The van der Waals surface area contributed by atoms with Crippen LogP contribution in [0, 0.1) is 10.1 Å². The van der Waals surface area contributed by atoms with Gasteiger partial charge in [-0.15, -0.1) is 0 Å². The molecule has 18 heavy (non-hydrogen) atoms. The third kappa shape index (κ3) is 2.45. The van der Waals surface area contributed by atoms with Gasteiger partial charge in [0.2, 0.25) is 0 Å². The zero-order valence-electron chi connectivity index (χ0n) is 9.93. The Balaban J connectivity index is 2.36. The molecule has 0 bridgehead atoms. The van der Waals surface area contributed by atoms with Crippen molar-refractivity contribution in [2.75, 3.05) is 6.26 Å². The van der Waals surface area contributed by atoms with E-state index in [0.29, 0.717) is 0 Å². The molecule has 0 aliphatic carbocycles. The van der Waals surface area contributed by atoms with Crippen LogP contribution in [-0.4, -0.2) is 16.3 Å². The summed E-state index contributed by atoms with van der Waals surface area (Å²) in [5, 5.41) is 11.3. The number of nitro groups is 1. The van der Waals surface area contributed by atoms with Gasteiger partial charge in [0.15, 0.2) is 5.17 Å². The molecule has 7 heteroatoms. The summed E-state index contributed by atoms with van der Waals surface area (Å²) < 4.78 is 0. The van der Waals surface area contributed by atoms with Gasteiger partial charge in [0.1, 0.15) is 0 Å². The smallest absolute Gasteiger partial charge is 0.269 e. The SMILES string of the molecule is CSC1=NC(c2ccc([N+](=O)[O-])cc2)=C(C)NN1. The van der Waals surface area contributed by atoms with Crippen molar-refractivity contribution in [3.8, 4) is 0 Å². The molecule has 1 aromatic rings. The number of non-ortho nitro benzene ring substituents is 1. The Morgan fingerprint density at radius 3 is 2.50 bits per heavy atom. The van der Waals surface area contributed by atoms with Gasteiger partial charge in [-0.3, -0.25) is 15.5 Å². The van der Waals surface area contributed by atoms with Gasteiger partial charge in [-0.25, -0.2) is 4.99 Å². The van der Waals surface area contributed by atoms with E-state index in [9.17, 15) is 10.1 Å². The Labute approximate surface area is 108 Å². The van der Waals surface area contributed by atoms with Crippen molar-refractivity contribution in [1.82, 2.24) is 10.9 Å². The minimum absolute atomic E-state index is 0.0768. The van der Waals surface area contributed by atoms with Crippen LogP contribution in [-0.2, 0) is 0 Å². The van der Waals surface area contributed by atoms with Gasteiger partial charge in [0.25, 0.3) is 5.69 Å². The first-order valence-corrected chi connectivity index (χ1v) is 6.44.